The Hall–Kier alpha value is -2.12. The zero-order chi connectivity index (χ0) is 20.3. The normalized spacial score (nSPS) is 22.0. The number of amides is 1. The molecule has 0 spiro atoms. The van der Waals surface area contributed by atoms with Crippen LogP contribution >= 0.6 is 0 Å². The van der Waals surface area contributed by atoms with Crippen molar-refractivity contribution in [2.75, 3.05) is 13.1 Å². The SMILES string of the molecule is CC1CC(C)CN(S(=O)(=O)c2cccc(C(=O)NC(C)Cc3ccco3)c2)C1. The number of sulfonamides is 1. The minimum absolute atomic E-state index is 0.136. The molecule has 0 aliphatic carbocycles. The molecule has 1 aliphatic heterocycles. The third-order valence-electron chi connectivity index (χ3n) is 5.03. The average molecular weight is 405 g/mol. The van der Waals surface area contributed by atoms with Crippen LogP contribution in [0.15, 0.2) is 52.0 Å². The fraction of sp³-hybridized carbons (Fsp3) is 0.476. The van der Waals surface area contributed by atoms with Crippen molar-refractivity contribution in [1.82, 2.24) is 9.62 Å². The smallest absolute Gasteiger partial charge is 0.251 e. The van der Waals surface area contributed by atoms with Gasteiger partial charge in [-0.1, -0.05) is 19.9 Å². The van der Waals surface area contributed by atoms with Gasteiger partial charge < -0.3 is 9.73 Å². The Morgan fingerprint density at radius 2 is 1.93 bits per heavy atom. The number of carbonyl (C=O) groups is 1. The van der Waals surface area contributed by atoms with Crippen molar-refractivity contribution in [2.24, 2.45) is 11.8 Å². The highest BCUT2D eigenvalue weighted by molar-refractivity contribution is 7.89. The Morgan fingerprint density at radius 1 is 1.21 bits per heavy atom. The zero-order valence-corrected chi connectivity index (χ0v) is 17.4. The summed E-state index contributed by atoms with van der Waals surface area (Å²) in [6.45, 7) is 7.06. The first-order valence-electron chi connectivity index (χ1n) is 9.69. The molecular formula is C21H28N2O4S. The van der Waals surface area contributed by atoms with Gasteiger partial charge in [-0.2, -0.15) is 4.31 Å². The summed E-state index contributed by atoms with van der Waals surface area (Å²) < 4.78 is 33.0. The van der Waals surface area contributed by atoms with Gasteiger partial charge in [0, 0.05) is 31.1 Å². The molecule has 1 aromatic heterocycles. The van der Waals surface area contributed by atoms with E-state index in [-0.39, 0.29) is 16.8 Å². The molecule has 1 amide bonds. The molecule has 1 N–H and O–H groups in total. The Labute approximate surface area is 167 Å². The summed E-state index contributed by atoms with van der Waals surface area (Å²) in [6, 6.07) is 9.81. The number of nitrogens with one attached hydrogen (secondary N) is 1. The summed E-state index contributed by atoms with van der Waals surface area (Å²) in [4.78, 5) is 12.8. The molecule has 1 aromatic carbocycles. The van der Waals surface area contributed by atoms with Gasteiger partial charge in [0.2, 0.25) is 10.0 Å². The third-order valence-corrected chi connectivity index (χ3v) is 6.86. The van der Waals surface area contributed by atoms with Gasteiger partial charge in [-0.3, -0.25) is 4.79 Å². The maximum absolute atomic E-state index is 13.1. The number of nitrogens with zero attached hydrogens (tertiary/aromatic N) is 1. The van der Waals surface area contributed by atoms with Gasteiger partial charge in [-0.25, -0.2) is 8.42 Å². The van der Waals surface area contributed by atoms with Crippen LogP contribution in [0.5, 0.6) is 0 Å². The predicted octanol–water partition coefficient (Wildman–Crippen LogP) is 3.31. The van der Waals surface area contributed by atoms with Crippen LogP contribution in [0.25, 0.3) is 0 Å². The Morgan fingerprint density at radius 3 is 2.57 bits per heavy atom. The molecule has 0 radical (unpaired) electrons. The number of rotatable bonds is 6. The van der Waals surface area contributed by atoms with Crippen LogP contribution < -0.4 is 5.32 Å². The van der Waals surface area contributed by atoms with E-state index in [9.17, 15) is 13.2 Å². The number of hydrogen-bond donors (Lipinski definition) is 1. The summed E-state index contributed by atoms with van der Waals surface area (Å²) in [6.07, 6.45) is 3.20. The fourth-order valence-electron chi connectivity index (χ4n) is 3.84. The average Bonchev–Trinajstić information content (AvgIpc) is 3.13. The Bertz CT molecular complexity index is 898. The highest BCUT2D eigenvalue weighted by Crippen LogP contribution is 2.27. The molecule has 28 heavy (non-hydrogen) atoms. The Balaban J connectivity index is 1.73. The fourth-order valence-corrected chi connectivity index (χ4v) is 5.56. The maximum atomic E-state index is 13.1. The van der Waals surface area contributed by atoms with E-state index in [1.165, 1.54) is 6.07 Å². The van der Waals surface area contributed by atoms with E-state index < -0.39 is 10.0 Å². The molecule has 1 fully saturated rings. The van der Waals surface area contributed by atoms with E-state index in [1.807, 2.05) is 13.0 Å². The number of hydrogen-bond acceptors (Lipinski definition) is 4. The standard InChI is InChI=1S/C21H28N2O4S/c1-15-10-16(2)14-23(13-15)28(25,26)20-8-4-6-18(12-20)21(24)22-17(3)11-19-7-5-9-27-19/h4-9,12,15-17H,10-11,13-14H2,1-3H3,(H,22,24). The molecule has 2 aromatic rings. The number of furan rings is 1. The van der Waals surface area contributed by atoms with Crippen molar-refractivity contribution in [1.29, 1.82) is 0 Å². The minimum Gasteiger partial charge on any atom is -0.469 e. The molecule has 1 aliphatic rings. The molecule has 152 valence electrons. The van der Waals surface area contributed by atoms with Crippen LogP contribution in [-0.4, -0.2) is 37.8 Å². The van der Waals surface area contributed by atoms with Gasteiger partial charge >= 0.3 is 0 Å². The highest BCUT2D eigenvalue weighted by Gasteiger charge is 2.32. The number of piperidine rings is 1. The van der Waals surface area contributed by atoms with Crippen LogP contribution in [0.4, 0.5) is 0 Å². The van der Waals surface area contributed by atoms with Crippen LogP contribution in [0.3, 0.4) is 0 Å². The molecule has 0 bridgehead atoms. The molecular weight excluding hydrogens is 376 g/mol. The molecule has 2 heterocycles. The second kappa shape index (κ2) is 8.49. The molecule has 3 unspecified atom stereocenters. The van der Waals surface area contributed by atoms with E-state index >= 15 is 0 Å². The van der Waals surface area contributed by atoms with E-state index in [4.69, 9.17) is 4.42 Å². The largest absolute Gasteiger partial charge is 0.469 e. The lowest BCUT2D eigenvalue weighted by atomic mass is 9.94. The maximum Gasteiger partial charge on any atom is 0.251 e. The van der Waals surface area contributed by atoms with Crippen LogP contribution in [0, 0.1) is 11.8 Å². The van der Waals surface area contributed by atoms with Crippen molar-refractivity contribution < 1.29 is 17.6 Å². The van der Waals surface area contributed by atoms with Crippen LogP contribution in [0.2, 0.25) is 0 Å². The van der Waals surface area contributed by atoms with Gasteiger partial charge in [-0.05, 0) is 55.5 Å². The van der Waals surface area contributed by atoms with Gasteiger partial charge in [0.15, 0.2) is 0 Å². The first kappa shape index (κ1) is 20.6. The summed E-state index contributed by atoms with van der Waals surface area (Å²) in [7, 11) is -3.62. The first-order valence-corrected chi connectivity index (χ1v) is 11.1. The summed E-state index contributed by atoms with van der Waals surface area (Å²) >= 11 is 0. The Kier molecular flexibility index (Phi) is 6.25. The first-order chi connectivity index (χ1) is 13.3. The topological polar surface area (TPSA) is 79.6 Å². The zero-order valence-electron chi connectivity index (χ0n) is 16.6. The summed E-state index contributed by atoms with van der Waals surface area (Å²) in [5, 5.41) is 2.90. The number of carbonyl (C=O) groups excluding carboxylic acids is 1. The van der Waals surface area contributed by atoms with E-state index in [2.05, 4.69) is 19.2 Å². The molecule has 0 saturated carbocycles. The third kappa shape index (κ3) is 4.83. The van der Waals surface area contributed by atoms with Gasteiger partial charge in [-0.15, -0.1) is 0 Å². The monoisotopic (exact) mass is 404 g/mol. The minimum atomic E-state index is -3.62. The summed E-state index contributed by atoms with van der Waals surface area (Å²) in [5.74, 6) is 1.15. The lowest BCUT2D eigenvalue weighted by molar-refractivity contribution is 0.0939. The van der Waals surface area contributed by atoms with Gasteiger partial charge in [0.1, 0.15) is 5.76 Å². The van der Waals surface area contributed by atoms with Crippen molar-refractivity contribution in [3.63, 3.8) is 0 Å². The summed E-state index contributed by atoms with van der Waals surface area (Å²) in [5.41, 5.74) is 0.338. The molecule has 6 nitrogen and oxygen atoms in total. The number of benzene rings is 1. The lowest BCUT2D eigenvalue weighted by Crippen LogP contribution is -2.42. The van der Waals surface area contributed by atoms with Crippen molar-refractivity contribution in [3.05, 3.63) is 54.0 Å². The molecule has 1 saturated heterocycles. The van der Waals surface area contributed by atoms with E-state index in [1.54, 1.807) is 34.8 Å². The second-order valence-corrected chi connectivity index (χ2v) is 9.89. The van der Waals surface area contributed by atoms with Gasteiger partial charge in [0.05, 0.1) is 11.2 Å². The van der Waals surface area contributed by atoms with Crippen molar-refractivity contribution in [2.45, 2.75) is 44.6 Å². The molecule has 7 heteroatoms. The molecule has 3 rings (SSSR count). The van der Waals surface area contributed by atoms with Gasteiger partial charge in [0.25, 0.3) is 5.91 Å². The van der Waals surface area contributed by atoms with Crippen LogP contribution in [0.1, 0.15) is 43.3 Å². The quantitative estimate of drug-likeness (QED) is 0.801. The highest BCUT2D eigenvalue weighted by atomic mass is 32.2. The lowest BCUT2D eigenvalue weighted by Gasteiger charge is -2.34. The second-order valence-electron chi connectivity index (χ2n) is 7.95. The van der Waals surface area contributed by atoms with Crippen molar-refractivity contribution in [3.8, 4) is 0 Å². The van der Waals surface area contributed by atoms with E-state index in [0.29, 0.717) is 36.9 Å². The van der Waals surface area contributed by atoms with Crippen LogP contribution in [-0.2, 0) is 16.4 Å². The van der Waals surface area contributed by atoms with E-state index in [0.717, 1.165) is 12.2 Å². The van der Waals surface area contributed by atoms with Crippen molar-refractivity contribution >= 4 is 15.9 Å². The molecule has 3 atom stereocenters. The predicted molar refractivity (Wildman–Crippen MR) is 107 cm³/mol.